The number of hydrogen-bond donors (Lipinski definition) is 1. The van der Waals surface area contributed by atoms with Crippen molar-refractivity contribution in [3.8, 4) is 0 Å². The summed E-state index contributed by atoms with van der Waals surface area (Å²) in [4.78, 5) is 22.1. The summed E-state index contributed by atoms with van der Waals surface area (Å²) in [5.41, 5.74) is 7.21. The van der Waals surface area contributed by atoms with E-state index in [1.807, 2.05) is 6.07 Å². The number of carbonyl (C=O) groups excluding carboxylic acids is 1. The number of ketones is 1. The van der Waals surface area contributed by atoms with Crippen LogP contribution in [0.2, 0.25) is 0 Å². The summed E-state index contributed by atoms with van der Waals surface area (Å²) in [6.45, 7) is 0. The van der Waals surface area contributed by atoms with Crippen LogP contribution in [0.25, 0.3) is 6.08 Å². The van der Waals surface area contributed by atoms with E-state index < -0.39 is 4.92 Å². The third-order valence-electron chi connectivity index (χ3n) is 2.68. The fourth-order valence-electron chi connectivity index (χ4n) is 1.70. The van der Waals surface area contributed by atoms with Crippen molar-refractivity contribution in [1.82, 2.24) is 0 Å². The van der Waals surface area contributed by atoms with Crippen LogP contribution in [0, 0.1) is 10.1 Å². The number of anilines is 1. The molecule has 0 aromatic heterocycles. The van der Waals surface area contributed by atoms with Crippen molar-refractivity contribution in [3.63, 3.8) is 0 Å². The maximum Gasteiger partial charge on any atom is 0.270 e. The van der Waals surface area contributed by atoms with Crippen LogP contribution >= 0.6 is 0 Å². The van der Waals surface area contributed by atoms with Crippen LogP contribution in [0.1, 0.15) is 15.9 Å². The molecule has 0 unspecified atom stereocenters. The lowest BCUT2D eigenvalue weighted by atomic mass is 10.1. The molecule has 0 spiro atoms. The van der Waals surface area contributed by atoms with Gasteiger partial charge in [0.2, 0.25) is 0 Å². The molecule has 0 aliphatic carbocycles. The standard InChI is InChI=1S/C15H12N2O3/c16-13-5-1-3-11(9-13)7-8-15(18)12-4-2-6-14(10-12)17(19)20/h1-10H,16H2/b8-7+. The second kappa shape index (κ2) is 5.79. The lowest BCUT2D eigenvalue weighted by molar-refractivity contribution is -0.384. The molecule has 0 aliphatic rings. The van der Waals surface area contributed by atoms with E-state index in [-0.39, 0.29) is 17.0 Å². The Morgan fingerprint density at radius 3 is 2.60 bits per heavy atom. The minimum Gasteiger partial charge on any atom is -0.399 e. The monoisotopic (exact) mass is 268 g/mol. The van der Waals surface area contributed by atoms with Crippen LogP contribution < -0.4 is 5.73 Å². The normalized spacial score (nSPS) is 10.6. The van der Waals surface area contributed by atoms with Crippen LogP contribution in [-0.2, 0) is 0 Å². The van der Waals surface area contributed by atoms with Crippen molar-refractivity contribution in [3.05, 3.63) is 75.8 Å². The van der Waals surface area contributed by atoms with Crippen LogP contribution in [0.3, 0.4) is 0 Å². The van der Waals surface area contributed by atoms with Gasteiger partial charge in [0, 0.05) is 23.4 Å². The number of nitrogens with two attached hydrogens (primary N) is 1. The summed E-state index contributed by atoms with van der Waals surface area (Å²) in [5.74, 6) is -0.295. The largest absolute Gasteiger partial charge is 0.399 e. The van der Waals surface area contributed by atoms with Crippen LogP contribution in [0.15, 0.2) is 54.6 Å². The molecule has 0 saturated carbocycles. The Morgan fingerprint density at radius 2 is 1.90 bits per heavy atom. The summed E-state index contributed by atoms with van der Waals surface area (Å²) < 4.78 is 0. The van der Waals surface area contributed by atoms with E-state index in [1.54, 1.807) is 30.3 Å². The van der Waals surface area contributed by atoms with Gasteiger partial charge in [0.25, 0.3) is 5.69 Å². The van der Waals surface area contributed by atoms with Gasteiger partial charge in [0.15, 0.2) is 5.78 Å². The molecule has 0 aliphatic heterocycles. The number of nitro benzene ring substituents is 1. The topological polar surface area (TPSA) is 86.2 Å². The highest BCUT2D eigenvalue weighted by molar-refractivity contribution is 6.07. The number of benzene rings is 2. The smallest absolute Gasteiger partial charge is 0.270 e. The van der Waals surface area contributed by atoms with Gasteiger partial charge in [-0.25, -0.2) is 0 Å². The Balaban J connectivity index is 2.20. The van der Waals surface area contributed by atoms with Gasteiger partial charge in [0.05, 0.1) is 4.92 Å². The minimum atomic E-state index is -0.529. The number of nitrogens with zero attached hydrogens (tertiary/aromatic N) is 1. The van der Waals surface area contributed by atoms with Crippen molar-refractivity contribution < 1.29 is 9.72 Å². The SMILES string of the molecule is Nc1cccc(/C=C/C(=O)c2cccc([N+](=O)[O-])c2)c1. The Labute approximate surface area is 115 Å². The Bertz CT molecular complexity index is 693. The fraction of sp³-hybridized carbons (Fsp3) is 0. The van der Waals surface area contributed by atoms with E-state index in [0.717, 1.165) is 5.56 Å². The Morgan fingerprint density at radius 1 is 1.15 bits per heavy atom. The van der Waals surface area contributed by atoms with Gasteiger partial charge in [-0.15, -0.1) is 0 Å². The number of non-ortho nitro benzene ring substituents is 1. The van der Waals surface area contributed by atoms with E-state index in [0.29, 0.717) is 5.69 Å². The molecule has 0 saturated heterocycles. The average molecular weight is 268 g/mol. The molecule has 20 heavy (non-hydrogen) atoms. The van der Waals surface area contributed by atoms with Crippen molar-refractivity contribution in [2.24, 2.45) is 0 Å². The number of nitrogen functional groups attached to an aromatic ring is 1. The third kappa shape index (κ3) is 3.29. The van der Waals surface area contributed by atoms with Gasteiger partial charge < -0.3 is 5.73 Å². The zero-order valence-corrected chi connectivity index (χ0v) is 10.5. The molecule has 2 N–H and O–H groups in total. The van der Waals surface area contributed by atoms with E-state index in [9.17, 15) is 14.9 Å². The summed E-state index contributed by atoms with van der Waals surface area (Å²) in [6.07, 6.45) is 2.99. The summed E-state index contributed by atoms with van der Waals surface area (Å²) in [7, 11) is 0. The lowest BCUT2D eigenvalue weighted by Crippen LogP contribution is -1.96. The minimum absolute atomic E-state index is 0.104. The van der Waals surface area contributed by atoms with E-state index in [2.05, 4.69) is 0 Å². The predicted molar refractivity (Wildman–Crippen MR) is 77.3 cm³/mol. The predicted octanol–water partition coefficient (Wildman–Crippen LogP) is 3.07. The van der Waals surface area contributed by atoms with Gasteiger partial charge in [-0.05, 0) is 23.8 Å². The molecule has 0 heterocycles. The fourth-order valence-corrected chi connectivity index (χ4v) is 1.70. The molecule has 0 radical (unpaired) electrons. The molecule has 5 nitrogen and oxygen atoms in total. The number of allylic oxidation sites excluding steroid dienone is 1. The summed E-state index contributed by atoms with van der Waals surface area (Å²) in [6, 6.07) is 12.7. The molecule has 100 valence electrons. The highest BCUT2D eigenvalue weighted by atomic mass is 16.6. The molecule has 2 aromatic rings. The first kappa shape index (κ1) is 13.5. The third-order valence-corrected chi connectivity index (χ3v) is 2.68. The van der Waals surface area contributed by atoms with Gasteiger partial charge in [-0.3, -0.25) is 14.9 Å². The van der Waals surface area contributed by atoms with Gasteiger partial charge in [0.1, 0.15) is 0 Å². The van der Waals surface area contributed by atoms with Crippen molar-refractivity contribution in [1.29, 1.82) is 0 Å². The maximum absolute atomic E-state index is 11.9. The first-order valence-electron chi connectivity index (χ1n) is 5.88. The molecule has 0 fully saturated rings. The van der Waals surface area contributed by atoms with Crippen LogP contribution in [0.5, 0.6) is 0 Å². The second-order valence-corrected chi connectivity index (χ2v) is 4.18. The second-order valence-electron chi connectivity index (χ2n) is 4.18. The van der Waals surface area contributed by atoms with Crippen LogP contribution in [0.4, 0.5) is 11.4 Å². The van der Waals surface area contributed by atoms with Gasteiger partial charge in [-0.2, -0.15) is 0 Å². The molecule has 5 heteroatoms. The number of rotatable bonds is 4. The lowest BCUT2D eigenvalue weighted by Gasteiger charge is -1.97. The number of nitro groups is 1. The van der Waals surface area contributed by atoms with Crippen molar-refractivity contribution in [2.75, 3.05) is 5.73 Å². The molecule has 0 bridgehead atoms. The van der Waals surface area contributed by atoms with Gasteiger partial charge >= 0.3 is 0 Å². The van der Waals surface area contributed by atoms with E-state index >= 15 is 0 Å². The van der Waals surface area contributed by atoms with Crippen molar-refractivity contribution in [2.45, 2.75) is 0 Å². The quantitative estimate of drug-likeness (QED) is 0.303. The zero-order valence-electron chi connectivity index (χ0n) is 10.5. The number of hydrogen-bond acceptors (Lipinski definition) is 4. The average Bonchev–Trinajstić information content (AvgIpc) is 2.45. The first-order chi connectivity index (χ1) is 9.56. The number of carbonyl (C=O) groups is 1. The Hall–Kier alpha value is -2.95. The van der Waals surface area contributed by atoms with E-state index in [1.165, 1.54) is 24.3 Å². The summed E-state index contributed by atoms with van der Waals surface area (Å²) >= 11 is 0. The summed E-state index contributed by atoms with van der Waals surface area (Å²) in [5, 5.41) is 10.7. The molecule has 0 amide bonds. The molecular formula is C15H12N2O3. The molecule has 0 atom stereocenters. The first-order valence-corrected chi connectivity index (χ1v) is 5.88. The highest BCUT2D eigenvalue weighted by Crippen LogP contribution is 2.15. The molecule has 2 rings (SSSR count). The highest BCUT2D eigenvalue weighted by Gasteiger charge is 2.09. The zero-order chi connectivity index (χ0) is 14.5. The maximum atomic E-state index is 11.9. The molecular weight excluding hydrogens is 256 g/mol. The Kier molecular flexibility index (Phi) is 3.91. The van der Waals surface area contributed by atoms with Gasteiger partial charge in [-0.1, -0.05) is 30.3 Å². The van der Waals surface area contributed by atoms with Crippen LogP contribution in [-0.4, -0.2) is 10.7 Å². The van der Waals surface area contributed by atoms with E-state index in [4.69, 9.17) is 5.73 Å². The van der Waals surface area contributed by atoms with Crippen molar-refractivity contribution >= 4 is 23.2 Å². The molecule has 2 aromatic carbocycles.